The van der Waals surface area contributed by atoms with Gasteiger partial charge in [-0.15, -0.1) is 0 Å². The number of rotatable bonds is 5. The number of nitrogens with zero attached hydrogens (tertiary/aromatic N) is 2. The van der Waals surface area contributed by atoms with Crippen molar-refractivity contribution in [3.8, 4) is 28.5 Å². The molecule has 0 aliphatic carbocycles. The van der Waals surface area contributed by atoms with Crippen molar-refractivity contribution in [3.05, 3.63) is 65.9 Å². The molecule has 1 fully saturated rings. The van der Waals surface area contributed by atoms with Crippen molar-refractivity contribution in [2.75, 3.05) is 13.1 Å². The molecule has 2 aromatic carbocycles. The second-order valence-electron chi connectivity index (χ2n) is 6.44. The average molecular weight is 363 g/mol. The summed E-state index contributed by atoms with van der Waals surface area (Å²) < 4.78 is 25.8. The van der Waals surface area contributed by atoms with E-state index in [1.54, 1.807) is 12.3 Å². The Bertz CT molecular complexity index is 974. The molecule has 1 atom stereocenters. The highest BCUT2D eigenvalue weighted by molar-refractivity contribution is 5.83. The van der Waals surface area contributed by atoms with Gasteiger partial charge in [0.15, 0.2) is 12.2 Å². The predicted molar refractivity (Wildman–Crippen MR) is 98.1 cm³/mol. The minimum Gasteiger partial charge on any atom is -0.443 e. The highest BCUT2D eigenvalue weighted by Gasteiger charge is 2.19. The van der Waals surface area contributed by atoms with Crippen LogP contribution in [0, 0.1) is 17.1 Å². The quantitative estimate of drug-likeness (QED) is 0.744. The zero-order valence-corrected chi connectivity index (χ0v) is 14.6. The summed E-state index contributed by atoms with van der Waals surface area (Å²) in [5, 5.41) is 12.3. The van der Waals surface area contributed by atoms with E-state index in [1.807, 2.05) is 24.3 Å². The average Bonchev–Trinajstić information content (AvgIpc) is 3.40. The van der Waals surface area contributed by atoms with Gasteiger partial charge in [0.2, 0.25) is 0 Å². The second-order valence-corrected chi connectivity index (χ2v) is 6.44. The fourth-order valence-electron chi connectivity index (χ4n) is 3.34. The first-order valence-electron chi connectivity index (χ1n) is 8.79. The summed E-state index contributed by atoms with van der Waals surface area (Å²) in [6, 6.07) is 12.2. The molecular formula is C21H18FN3O2. The van der Waals surface area contributed by atoms with Gasteiger partial charge in [0.05, 0.1) is 24.5 Å². The molecule has 5 nitrogen and oxygen atoms in total. The summed E-state index contributed by atoms with van der Waals surface area (Å²) in [6.45, 7) is 2.23. The molecule has 136 valence electrons. The van der Waals surface area contributed by atoms with Crippen LogP contribution in [0.25, 0.3) is 22.5 Å². The van der Waals surface area contributed by atoms with Crippen LogP contribution >= 0.6 is 0 Å². The normalized spacial score (nSPS) is 16.4. The van der Waals surface area contributed by atoms with Crippen molar-refractivity contribution < 1.29 is 13.5 Å². The highest BCUT2D eigenvalue weighted by atomic mass is 19.1. The molecule has 1 N–H and O–H groups in total. The molecule has 1 unspecified atom stereocenters. The molecule has 0 spiro atoms. The van der Waals surface area contributed by atoms with E-state index in [9.17, 15) is 4.39 Å². The monoisotopic (exact) mass is 363 g/mol. The Morgan fingerprint density at radius 3 is 2.96 bits per heavy atom. The number of aromatic nitrogens is 1. The minimum absolute atomic E-state index is 0.0215. The maximum Gasteiger partial charge on any atom is 0.181 e. The molecule has 3 aromatic rings. The fraction of sp³-hybridized carbons (Fsp3) is 0.238. The maximum atomic E-state index is 14.2. The van der Waals surface area contributed by atoms with Crippen LogP contribution in [0.3, 0.4) is 0 Å². The van der Waals surface area contributed by atoms with Crippen molar-refractivity contribution in [1.82, 2.24) is 10.3 Å². The Balaban J connectivity index is 1.76. The van der Waals surface area contributed by atoms with Crippen molar-refractivity contribution in [1.29, 1.82) is 5.26 Å². The summed E-state index contributed by atoms with van der Waals surface area (Å²) >= 11 is 0. The maximum absolute atomic E-state index is 14.2. The Morgan fingerprint density at radius 2 is 2.26 bits per heavy atom. The Morgan fingerprint density at radius 1 is 1.33 bits per heavy atom. The topological polar surface area (TPSA) is 71.1 Å². The fourth-order valence-corrected chi connectivity index (χ4v) is 3.34. The van der Waals surface area contributed by atoms with Gasteiger partial charge in [0.25, 0.3) is 0 Å². The molecule has 1 aliphatic heterocycles. The standard InChI is InChI=1S/C21H18FN3O2/c22-19-8-14(4-5-15(19)9-23)18-3-1-2-16(12-26-17-6-7-24-10-17)21(18)20-11-25-13-27-20/h1-5,8,11,13,17,24H,6-7,10,12H2. The lowest BCUT2D eigenvalue weighted by Crippen LogP contribution is -2.16. The highest BCUT2D eigenvalue weighted by Crippen LogP contribution is 2.36. The van der Waals surface area contributed by atoms with Gasteiger partial charge < -0.3 is 14.5 Å². The molecule has 27 heavy (non-hydrogen) atoms. The summed E-state index contributed by atoms with van der Waals surface area (Å²) in [7, 11) is 0. The lowest BCUT2D eigenvalue weighted by atomic mass is 9.93. The lowest BCUT2D eigenvalue weighted by molar-refractivity contribution is 0.0544. The summed E-state index contributed by atoms with van der Waals surface area (Å²) in [5.41, 5.74) is 3.27. The number of halogens is 1. The SMILES string of the molecule is N#Cc1ccc(-c2cccc(COC3CCNC3)c2-c2cnco2)cc1F. The number of oxazole rings is 1. The lowest BCUT2D eigenvalue weighted by Gasteiger charge is -2.16. The van der Waals surface area contributed by atoms with Crippen molar-refractivity contribution >= 4 is 0 Å². The predicted octanol–water partition coefficient (Wildman–Crippen LogP) is 3.90. The van der Waals surface area contributed by atoms with Gasteiger partial charge in [-0.25, -0.2) is 9.37 Å². The van der Waals surface area contributed by atoms with Crippen LogP contribution in [-0.2, 0) is 11.3 Å². The van der Waals surface area contributed by atoms with Crippen molar-refractivity contribution in [3.63, 3.8) is 0 Å². The second kappa shape index (κ2) is 7.70. The number of ether oxygens (including phenoxy) is 1. The van der Waals surface area contributed by atoms with Gasteiger partial charge in [-0.3, -0.25) is 0 Å². The number of hydrogen-bond donors (Lipinski definition) is 1. The first kappa shape index (κ1) is 17.4. The molecule has 4 rings (SSSR count). The van der Waals surface area contributed by atoms with Crippen molar-refractivity contribution in [2.24, 2.45) is 0 Å². The van der Waals surface area contributed by atoms with E-state index in [0.717, 1.165) is 36.2 Å². The van der Waals surface area contributed by atoms with Crippen molar-refractivity contribution in [2.45, 2.75) is 19.1 Å². The summed E-state index contributed by atoms with van der Waals surface area (Å²) in [6.07, 6.45) is 4.18. The largest absolute Gasteiger partial charge is 0.443 e. The minimum atomic E-state index is -0.544. The van der Waals surface area contributed by atoms with Crippen LogP contribution in [0.1, 0.15) is 17.5 Å². The molecule has 0 amide bonds. The van der Waals surface area contributed by atoms with Gasteiger partial charge in [-0.1, -0.05) is 24.3 Å². The van der Waals surface area contributed by atoms with Crippen LogP contribution in [0.2, 0.25) is 0 Å². The van der Waals surface area contributed by atoms with Gasteiger partial charge in [0.1, 0.15) is 11.9 Å². The molecule has 1 saturated heterocycles. The third kappa shape index (κ3) is 3.61. The van der Waals surface area contributed by atoms with Gasteiger partial charge in [0, 0.05) is 12.1 Å². The molecule has 1 aliphatic rings. The zero-order valence-electron chi connectivity index (χ0n) is 14.6. The number of hydrogen-bond acceptors (Lipinski definition) is 5. The van der Waals surface area contributed by atoms with Crippen LogP contribution in [0.15, 0.2) is 53.4 Å². The molecule has 0 radical (unpaired) electrons. The van der Waals surface area contributed by atoms with E-state index < -0.39 is 5.82 Å². The number of nitrogens with one attached hydrogen (secondary N) is 1. The molecule has 6 heteroatoms. The van der Waals surface area contributed by atoms with Gasteiger partial charge >= 0.3 is 0 Å². The van der Waals surface area contributed by atoms with Crippen LogP contribution < -0.4 is 5.32 Å². The zero-order chi connectivity index (χ0) is 18.6. The van der Waals surface area contributed by atoms with Crippen LogP contribution in [0.4, 0.5) is 4.39 Å². The third-order valence-corrected chi connectivity index (χ3v) is 4.72. The van der Waals surface area contributed by atoms with Gasteiger partial charge in [-0.05, 0) is 41.8 Å². The Hall–Kier alpha value is -3.01. The van der Waals surface area contributed by atoms with E-state index in [2.05, 4.69) is 10.3 Å². The summed E-state index contributed by atoms with van der Waals surface area (Å²) in [4.78, 5) is 4.02. The smallest absolute Gasteiger partial charge is 0.181 e. The van der Waals surface area contributed by atoms with E-state index in [1.165, 1.54) is 18.5 Å². The first-order valence-corrected chi connectivity index (χ1v) is 8.79. The summed E-state index contributed by atoms with van der Waals surface area (Å²) in [5.74, 6) is 0.0516. The molecule has 0 saturated carbocycles. The Labute approximate surface area is 156 Å². The third-order valence-electron chi connectivity index (χ3n) is 4.72. The number of benzene rings is 2. The molecule has 2 heterocycles. The van der Waals surface area contributed by atoms with E-state index in [0.29, 0.717) is 17.9 Å². The molecular weight excluding hydrogens is 345 g/mol. The van der Waals surface area contributed by atoms with Crippen LogP contribution in [-0.4, -0.2) is 24.2 Å². The van der Waals surface area contributed by atoms with Gasteiger partial charge in [-0.2, -0.15) is 5.26 Å². The molecule has 0 bridgehead atoms. The van der Waals surface area contributed by atoms with E-state index in [4.69, 9.17) is 14.4 Å². The van der Waals surface area contributed by atoms with E-state index >= 15 is 0 Å². The first-order chi connectivity index (χ1) is 13.3. The van der Waals surface area contributed by atoms with E-state index in [-0.39, 0.29) is 11.7 Å². The number of nitriles is 1. The molecule has 1 aromatic heterocycles. The Kier molecular flexibility index (Phi) is 4.97. The van der Waals surface area contributed by atoms with Crippen LogP contribution in [0.5, 0.6) is 0 Å².